The topological polar surface area (TPSA) is 26.3 Å². The van der Waals surface area contributed by atoms with Crippen molar-refractivity contribution in [3.8, 4) is 0 Å². The maximum absolute atomic E-state index is 11.6. The van der Waals surface area contributed by atoms with E-state index in [1.54, 1.807) is 0 Å². The van der Waals surface area contributed by atoms with Gasteiger partial charge in [0, 0.05) is 0 Å². The van der Waals surface area contributed by atoms with E-state index in [2.05, 4.69) is 0 Å². The maximum Gasteiger partial charge on any atom is 0.316 e. The van der Waals surface area contributed by atoms with Crippen molar-refractivity contribution in [3.05, 3.63) is 46.9 Å². The van der Waals surface area contributed by atoms with Crippen molar-refractivity contribution in [3.63, 3.8) is 0 Å². The van der Waals surface area contributed by atoms with E-state index in [4.69, 9.17) is 4.74 Å². The maximum atomic E-state index is 11.6. The number of hydrogen-bond acceptors (Lipinski definition) is 2. The third-order valence-electron chi connectivity index (χ3n) is 2.51. The number of fused-ring (bicyclic) bond motifs is 1. The molecule has 0 heterocycles. The fraction of sp³-hybridized carbons (Fsp3) is 0.214. The number of allylic oxidation sites excluding steroid dienone is 1. The van der Waals surface area contributed by atoms with Gasteiger partial charge < -0.3 is 4.74 Å². The van der Waals surface area contributed by atoms with Crippen LogP contribution in [0.15, 0.2) is 36.4 Å². The SMILES string of the molecule is CCOC(=O)[C@@H]1C=CC=c2ccccc2=C1. The first-order valence-electron chi connectivity index (χ1n) is 5.43. The molecular formula is C14H14O2. The molecule has 1 atom stereocenters. The molecule has 2 nitrogen and oxygen atoms in total. The van der Waals surface area contributed by atoms with Gasteiger partial charge in [-0.2, -0.15) is 0 Å². The number of carbonyl (C=O) groups is 1. The van der Waals surface area contributed by atoms with Crippen LogP contribution in [0.2, 0.25) is 0 Å². The normalized spacial score (nSPS) is 17.7. The monoisotopic (exact) mass is 214 g/mol. The molecule has 0 unspecified atom stereocenters. The predicted octanol–water partition coefficient (Wildman–Crippen LogP) is 0.997. The third kappa shape index (κ3) is 2.22. The van der Waals surface area contributed by atoms with E-state index in [0.29, 0.717) is 6.61 Å². The molecule has 0 fully saturated rings. The first-order valence-corrected chi connectivity index (χ1v) is 5.43. The van der Waals surface area contributed by atoms with Crippen LogP contribution in [0.1, 0.15) is 6.92 Å². The fourth-order valence-electron chi connectivity index (χ4n) is 1.73. The van der Waals surface area contributed by atoms with Crippen molar-refractivity contribution < 1.29 is 9.53 Å². The van der Waals surface area contributed by atoms with Crippen LogP contribution in [-0.4, -0.2) is 12.6 Å². The predicted molar refractivity (Wildman–Crippen MR) is 63.9 cm³/mol. The molecule has 1 aromatic carbocycles. The molecule has 1 aromatic rings. The van der Waals surface area contributed by atoms with Crippen molar-refractivity contribution >= 4 is 18.1 Å². The Morgan fingerprint density at radius 3 is 2.81 bits per heavy atom. The van der Waals surface area contributed by atoms with Crippen LogP contribution >= 0.6 is 0 Å². The van der Waals surface area contributed by atoms with Crippen molar-refractivity contribution in [2.24, 2.45) is 5.92 Å². The Morgan fingerprint density at radius 2 is 2.06 bits per heavy atom. The summed E-state index contributed by atoms with van der Waals surface area (Å²) in [6.45, 7) is 2.24. The summed E-state index contributed by atoms with van der Waals surface area (Å²) >= 11 is 0. The molecule has 0 amide bonds. The quantitative estimate of drug-likeness (QED) is 0.686. The average Bonchev–Trinajstić information content (AvgIpc) is 2.51. The molecule has 1 aliphatic carbocycles. The van der Waals surface area contributed by atoms with Crippen LogP contribution < -0.4 is 10.4 Å². The van der Waals surface area contributed by atoms with Gasteiger partial charge in [-0.15, -0.1) is 0 Å². The van der Waals surface area contributed by atoms with E-state index < -0.39 is 0 Å². The molecule has 0 aliphatic heterocycles. The van der Waals surface area contributed by atoms with Crippen molar-refractivity contribution in [2.45, 2.75) is 6.92 Å². The fourth-order valence-corrected chi connectivity index (χ4v) is 1.73. The Labute approximate surface area is 94.6 Å². The van der Waals surface area contributed by atoms with Crippen LogP contribution in [0.25, 0.3) is 12.2 Å². The average molecular weight is 214 g/mol. The van der Waals surface area contributed by atoms with Gasteiger partial charge in [0.15, 0.2) is 0 Å². The Kier molecular flexibility index (Phi) is 3.20. The highest BCUT2D eigenvalue weighted by atomic mass is 16.5. The zero-order valence-electron chi connectivity index (χ0n) is 9.22. The Balaban J connectivity index is 2.41. The first kappa shape index (κ1) is 10.7. The van der Waals surface area contributed by atoms with Crippen LogP contribution in [0.3, 0.4) is 0 Å². The summed E-state index contributed by atoms with van der Waals surface area (Å²) in [7, 11) is 0. The second-order valence-electron chi connectivity index (χ2n) is 3.62. The lowest BCUT2D eigenvalue weighted by atomic mass is 10.1. The number of esters is 1. The smallest absolute Gasteiger partial charge is 0.316 e. The van der Waals surface area contributed by atoms with Gasteiger partial charge in [-0.1, -0.05) is 48.6 Å². The second kappa shape index (κ2) is 4.79. The molecule has 0 saturated carbocycles. The molecule has 2 rings (SSSR count). The van der Waals surface area contributed by atoms with Gasteiger partial charge >= 0.3 is 5.97 Å². The molecule has 0 radical (unpaired) electrons. The standard InChI is InChI=1S/C14H14O2/c1-2-16-14(15)13-9-5-8-11-6-3-4-7-12(11)10-13/h3-10,13H,2H2,1H3/t13-/m1/s1. The van der Waals surface area contributed by atoms with Gasteiger partial charge in [0.05, 0.1) is 12.5 Å². The summed E-state index contributed by atoms with van der Waals surface area (Å²) < 4.78 is 5.02. The zero-order valence-corrected chi connectivity index (χ0v) is 9.22. The van der Waals surface area contributed by atoms with Gasteiger partial charge in [-0.25, -0.2) is 0 Å². The molecular weight excluding hydrogens is 200 g/mol. The van der Waals surface area contributed by atoms with Crippen molar-refractivity contribution in [1.82, 2.24) is 0 Å². The summed E-state index contributed by atoms with van der Waals surface area (Å²) in [5.74, 6) is -0.469. The molecule has 0 N–H and O–H groups in total. The highest BCUT2D eigenvalue weighted by Crippen LogP contribution is 2.05. The minimum absolute atomic E-state index is 0.191. The number of hydrogen-bond donors (Lipinski definition) is 0. The summed E-state index contributed by atoms with van der Waals surface area (Å²) in [4.78, 5) is 11.6. The summed E-state index contributed by atoms with van der Waals surface area (Å²) in [5.41, 5.74) is 0. The molecule has 0 saturated heterocycles. The van der Waals surface area contributed by atoms with Gasteiger partial charge in [0.2, 0.25) is 0 Å². The molecule has 0 spiro atoms. The van der Waals surface area contributed by atoms with E-state index in [1.165, 1.54) is 0 Å². The van der Waals surface area contributed by atoms with E-state index >= 15 is 0 Å². The van der Waals surface area contributed by atoms with Crippen LogP contribution in [0.5, 0.6) is 0 Å². The van der Waals surface area contributed by atoms with Crippen molar-refractivity contribution in [1.29, 1.82) is 0 Å². The van der Waals surface area contributed by atoms with E-state index in [-0.39, 0.29) is 11.9 Å². The molecule has 16 heavy (non-hydrogen) atoms. The van der Waals surface area contributed by atoms with E-state index in [9.17, 15) is 4.79 Å². The van der Waals surface area contributed by atoms with Crippen LogP contribution in [-0.2, 0) is 9.53 Å². The number of benzene rings is 1. The lowest BCUT2D eigenvalue weighted by Gasteiger charge is -2.05. The summed E-state index contributed by atoms with van der Waals surface area (Å²) in [5, 5.41) is 2.20. The first-order chi connectivity index (χ1) is 7.81. The zero-order chi connectivity index (χ0) is 11.4. The lowest BCUT2D eigenvalue weighted by molar-refractivity contribution is -0.144. The second-order valence-corrected chi connectivity index (χ2v) is 3.62. The van der Waals surface area contributed by atoms with Crippen LogP contribution in [0.4, 0.5) is 0 Å². The van der Waals surface area contributed by atoms with E-state index in [0.717, 1.165) is 10.4 Å². The molecule has 82 valence electrons. The highest BCUT2D eigenvalue weighted by Gasteiger charge is 2.13. The Hall–Kier alpha value is -1.83. The molecule has 0 bridgehead atoms. The summed E-state index contributed by atoms with van der Waals surface area (Å²) in [6.07, 6.45) is 7.71. The number of carbonyl (C=O) groups excluding carboxylic acids is 1. The molecule has 1 aliphatic rings. The lowest BCUT2D eigenvalue weighted by Crippen LogP contribution is -2.25. The van der Waals surface area contributed by atoms with E-state index in [1.807, 2.05) is 55.5 Å². The third-order valence-corrected chi connectivity index (χ3v) is 2.51. The minimum atomic E-state index is -0.278. The number of rotatable bonds is 2. The Bertz CT molecular complexity index is 526. The number of ether oxygens (including phenoxy) is 1. The molecule has 2 heteroatoms. The van der Waals surface area contributed by atoms with Crippen LogP contribution in [0, 0.1) is 5.92 Å². The van der Waals surface area contributed by atoms with Gasteiger partial charge in [-0.05, 0) is 17.4 Å². The largest absolute Gasteiger partial charge is 0.465 e. The minimum Gasteiger partial charge on any atom is -0.465 e. The van der Waals surface area contributed by atoms with Gasteiger partial charge in [0.1, 0.15) is 0 Å². The summed E-state index contributed by atoms with van der Waals surface area (Å²) in [6, 6.07) is 7.99. The van der Waals surface area contributed by atoms with Crippen molar-refractivity contribution in [2.75, 3.05) is 6.61 Å². The molecule has 0 aromatic heterocycles. The van der Waals surface area contributed by atoms with Gasteiger partial charge in [-0.3, -0.25) is 4.79 Å². The van der Waals surface area contributed by atoms with Gasteiger partial charge in [0.25, 0.3) is 0 Å². The Morgan fingerprint density at radius 1 is 1.31 bits per heavy atom. The highest BCUT2D eigenvalue weighted by molar-refractivity contribution is 5.81.